The average Bonchev–Trinajstić information content (AvgIpc) is 3.13. The summed E-state index contributed by atoms with van der Waals surface area (Å²) in [5, 5.41) is 7.84. The molecular weight excluding hydrogens is 438 g/mol. The fraction of sp³-hybridized carbons (Fsp3) is 0.333. The van der Waals surface area contributed by atoms with E-state index in [1.165, 1.54) is 30.6 Å². The number of pyridine rings is 1. The summed E-state index contributed by atoms with van der Waals surface area (Å²) < 4.78 is 36.4. The van der Waals surface area contributed by atoms with E-state index in [1.54, 1.807) is 0 Å². The number of hydrogen-bond donors (Lipinski definition) is 2. The molecule has 0 atom stereocenters. The Morgan fingerprint density at radius 1 is 1.18 bits per heavy atom. The summed E-state index contributed by atoms with van der Waals surface area (Å²) in [7, 11) is -0.622. The van der Waals surface area contributed by atoms with Crippen LogP contribution in [0.5, 0.6) is 5.88 Å². The standard InChI is InChI=1S/C24H29N5O3S/c1-15-9-8-10-16(2)22(15)28-33(30,31)21-13-18(14-25-24(21)32-5)26-17(3)23-19-11-6-7-12-20(19)29(4)27-23/h8-10,13-14,26,28H,3,6-7,11-12H2,1-2,4-5H3. The van der Waals surface area contributed by atoms with Gasteiger partial charge in [-0.1, -0.05) is 24.8 Å². The zero-order valence-electron chi connectivity index (χ0n) is 19.4. The van der Waals surface area contributed by atoms with Crippen molar-refractivity contribution in [2.45, 2.75) is 44.4 Å². The van der Waals surface area contributed by atoms with Gasteiger partial charge in [-0.2, -0.15) is 5.10 Å². The molecular formula is C24H29N5O3S. The monoisotopic (exact) mass is 467 g/mol. The summed E-state index contributed by atoms with van der Waals surface area (Å²) in [6.07, 6.45) is 5.76. The topological polar surface area (TPSA) is 98.1 Å². The van der Waals surface area contributed by atoms with E-state index in [-0.39, 0.29) is 10.8 Å². The zero-order chi connectivity index (χ0) is 23.8. The van der Waals surface area contributed by atoms with Crippen molar-refractivity contribution in [3.05, 3.63) is 65.1 Å². The van der Waals surface area contributed by atoms with Gasteiger partial charge in [0.05, 0.1) is 30.4 Å². The second-order valence-corrected chi connectivity index (χ2v) is 9.96. The van der Waals surface area contributed by atoms with Crippen LogP contribution in [0.25, 0.3) is 5.70 Å². The first-order valence-electron chi connectivity index (χ1n) is 10.9. The molecule has 0 unspecified atom stereocenters. The lowest BCUT2D eigenvalue weighted by Gasteiger charge is -2.16. The van der Waals surface area contributed by atoms with Crippen LogP contribution in [-0.4, -0.2) is 30.3 Å². The summed E-state index contributed by atoms with van der Waals surface area (Å²) in [6, 6.07) is 7.10. The fourth-order valence-electron chi connectivity index (χ4n) is 4.26. The lowest BCUT2D eigenvalue weighted by molar-refractivity contribution is 0.385. The van der Waals surface area contributed by atoms with Gasteiger partial charge in [0.1, 0.15) is 5.69 Å². The van der Waals surface area contributed by atoms with E-state index in [4.69, 9.17) is 4.74 Å². The molecule has 2 heterocycles. The van der Waals surface area contributed by atoms with Crippen LogP contribution in [0.4, 0.5) is 11.4 Å². The Hall–Kier alpha value is -3.33. The molecule has 4 rings (SSSR count). The number of nitrogens with one attached hydrogen (secondary N) is 2. The molecule has 0 aliphatic heterocycles. The maximum atomic E-state index is 13.3. The van der Waals surface area contributed by atoms with Gasteiger partial charge in [-0.15, -0.1) is 0 Å². The van der Waals surface area contributed by atoms with Crippen molar-refractivity contribution in [1.29, 1.82) is 0 Å². The summed E-state index contributed by atoms with van der Waals surface area (Å²) in [6.45, 7) is 7.87. The van der Waals surface area contributed by atoms with Crippen molar-refractivity contribution in [2.75, 3.05) is 17.1 Å². The number of para-hydroxylation sites is 1. The van der Waals surface area contributed by atoms with E-state index < -0.39 is 10.0 Å². The number of fused-ring (bicyclic) bond motifs is 1. The van der Waals surface area contributed by atoms with Crippen LogP contribution < -0.4 is 14.8 Å². The number of ether oxygens (including phenoxy) is 1. The van der Waals surface area contributed by atoms with Gasteiger partial charge in [-0.25, -0.2) is 13.4 Å². The van der Waals surface area contributed by atoms with Gasteiger partial charge in [-0.05, 0) is 56.7 Å². The quantitative estimate of drug-likeness (QED) is 0.540. The van der Waals surface area contributed by atoms with E-state index in [0.29, 0.717) is 17.1 Å². The molecule has 0 spiro atoms. The van der Waals surface area contributed by atoms with Crippen molar-refractivity contribution in [3.8, 4) is 5.88 Å². The Morgan fingerprint density at radius 2 is 1.88 bits per heavy atom. The summed E-state index contributed by atoms with van der Waals surface area (Å²) in [5.74, 6) is 0.0140. The van der Waals surface area contributed by atoms with Gasteiger partial charge < -0.3 is 10.1 Å². The third-order valence-corrected chi connectivity index (χ3v) is 7.31. The molecule has 8 nitrogen and oxygen atoms in total. The average molecular weight is 468 g/mol. The van der Waals surface area contributed by atoms with Crippen LogP contribution in [-0.2, 0) is 29.9 Å². The lowest BCUT2D eigenvalue weighted by atomic mass is 9.95. The maximum absolute atomic E-state index is 13.3. The molecule has 0 saturated heterocycles. The highest BCUT2D eigenvalue weighted by molar-refractivity contribution is 7.92. The van der Waals surface area contributed by atoms with Crippen molar-refractivity contribution < 1.29 is 13.2 Å². The smallest absolute Gasteiger partial charge is 0.267 e. The second-order valence-electron chi connectivity index (χ2n) is 8.31. The van der Waals surface area contributed by atoms with Gasteiger partial charge in [0, 0.05) is 18.3 Å². The van der Waals surface area contributed by atoms with Crippen LogP contribution in [0.2, 0.25) is 0 Å². The molecule has 33 heavy (non-hydrogen) atoms. The highest BCUT2D eigenvalue weighted by Crippen LogP contribution is 2.31. The van der Waals surface area contributed by atoms with Crippen molar-refractivity contribution in [2.24, 2.45) is 7.05 Å². The Morgan fingerprint density at radius 3 is 2.58 bits per heavy atom. The number of methoxy groups -OCH3 is 1. The van der Waals surface area contributed by atoms with Gasteiger partial charge in [-0.3, -0.25) is 9.40 Å². The first-order chi connectivity index (χ1) is 15.7. The number of hydrogen-bond acceptors (Lipinski definition) is 6. The van der Waals surface area contributed by atoms with Gasteiger partial charge in [0.15, 0.2) is 4.90 Å². The molecule has 0 bridgehead atoms. The molecule has 1 aromatic carbocycles. The molecule has 2 aromatic heterocycles. The maximum Gasteiger partial charge on any atom is 0.267 e. The normalized spacial score (nSPS) is 13.3. The molecule has 1 aliphatic carbocycles. The predicted octanol–water partition coefficient (Wildman–Crippen LogP) is 4.20. The Kier molecular flexibility index (Phi) is 6.16. The van der Waals surface area contributed by atoms with Crippen molar-refractivity contribution in [3.63, 3.8) is 0 Å². The highest BCUT2D eigenvalue weighted by Gasteiger charge is 2.25. The number of anilines is 2. The summed E-state index contributed by atoms with van der Waals surface area (Å²) >= 11 is 0. The Balaban J connectivity index is 1.65. The minimum Gasteiger partial charge on any atom is -0.480 e. The third-order valence-electron chi connectivity index (χ3n) is 5.96. The Bertz CT molecular complexity index is 1310. The second kappa shape index (κ2) is 8.90. The number of aromatic nitrogens is 3. The van der Waals surface area contributed by atoms with E-state index in [1.807, 2.05) is 43.8 Å². The van der Waals surface area contributed by atoms with Crippen molar-refractivity contribution in [1.82, 2.24) is 14.8 Å². The summed E-state index contributed by atoms with van der Waals surface area (Å²) in [5.41, 5.74) is 6.52. The molecule has 9 heteroatoms. The molecule has 2 N–H and O–H groups in total. The predicted molar refractivity (Wildman–Crippen MR) is 130 cm³/mol. The number of rotatable bonds is 7. The number of nitrogens with zero attached hydrogens (tertiary/aromatic N) is 3. The van der Waals surface area contributed by atoms with E-state index in [0.717, 1.165) is 42.5 Å². The van der Waals surface area contributed by atoms with Gasteiger partial charge >= 0.3 is 0 Å². The summed E-state index contributed by atoms with van der Waals surface area (Å²) in [4.78, 5) is 4.16. The first-order valence-corrected chi connectivity index (χ1v) is 12.3. The lowest BCUT2D eigenvalue weighted by Crippen LogP contribution is -2.16. The minimum atomic E-state index is -3.96. The zero-order valence-corrected chi connectivity index (χ0v) is 20.2. The fourth-order valence-corrected chi connectivity index (χ4v) is 5.61. The molecule has 0 saturated carbocycles. The van der Waals surface area contributed by atoms with Crippen LogP contribution in [0, 0.1) is 13.8 Å². The molecule has 0 fully saturated rings. The van der Waals surface area contributed by atoms with E-state index >= 15 is 0 Å². The molecule has 0 radical (unpaired) electrons. The van der Waals surface area contributed by atoms with Gasteiger partial charge in [0.2, 0.25) is 5.88 Å². The minimum absolute atomic E-state index is 0.0140. The van der Waals surface area contributed by atoms with Crippen LogP contribution in [0.3, 0.4) is 0 Å². The number of sulfonamides is 1. The third kappa shape index (κ3) is 4.45. The van der Waals surface area contributed by atoms with E-state index in [9.17, 15) is 8.42 Å². The van der Waals surface area contributed by atoms with Crippen molar-refractivity contribution >= 4 is 27.1 Å². The molecule has 0 amide bonds. The first kappa shape index (κ1) is 22.8. The SMILES string of the molecule is C=C(Nc1cnc(OC)c(S(=O)(=O)Nc2c(C)cccc2C)c1)c1nn(C)c2c1CCCC2. The molecule has 174 valence electrons. The number of aryl methyl sites for hydroxylation is 3. The van der Waals surface area contributed by atoms with Crippen LogP contribution in [0.1, 0.15) is 40.9 Å². The van der Waals surface area contributed by atoms with Crippen LogP contribution >= 0.6 is 0 Å². The van der Waals surface area contributed by atoms with Crippen LogP contribution in [0.15, 0.2) is 41.9 Å². The number of benzene rings is 1. The van der Waals surface area contributed by atoms with Gasteiger partial charge in [0.25, 0.3) is 10.0 Å². The molecule has 3 aromatic rings. The van der Waals surface area contributed by atoms with E-state index in [2.05, 4.69) is 26.7 Å². The molecule has 1 aliphatic rings. The highest BCUT2D eigenvalue weighted by atomic mass is 32.2. The Labute approximate surface area is 194 Å². The largest absolute Gasteiger partial charge is 0.480 e.